The Hall–Kier alpha value is -3.49. The maximum absolute atomic E-state index is 15.1. The third kappa shape index (κ3) is 4.86. The van der Waals surface area contributed by atoms with E-state index in [4.69, 9.17) is 9.97 Å². The third-order valence-electron chi connectivity index (χ3n) is 8.12. The Bertz CT molecular complexity index is 1240. The van der Waals surface area contributed by atoms with Crippen molar-refractivity contribution in [3.8, 4) is 11.3 Å². The van der Waals surface area contributed by atoms with Crippen molar-refractivity contribution < 1.29 is 14.0 Å². The molecule has 8 nitrogen and oxygen atoms in total. The molecule has 1 spiro atoms. The van der Waals surface area contributed by atoms with Crippen LogP contribution in [0.15, 0.2) is 36.9 Å². The molecule has 1 N–H and O–H groups in total. The summed E-state index contributed by atoms with van der Waals surface area (Å²) in [5.74, 6) is 1.45. The number of benzene rings is 1. The number of fused-ring (bicyclic) bond motifs is 1. The van der Waals surface area contributed by atoms with E-state index < -0.39 is 0 Å². The highest BCUT2D eigenvalue weighted by molar-refractivity contribution is 5.87. The van der Waals surface area contributed by atoms with Crippen LogP contribution in [0.25, 0.3) is 11.3 Å². The summed E-state index contributed by atoms with van der Waals surface area (Å²) in [4.78, 5) is 40.7. The van der Waals surface area contributed by atoms with Crippen LogP contribution in [0.2, 0.25) is 0 Å². The average Bonchev–Trinajstić information content (AvgIpc) is 3.52. The molecule has 1 aromatic carbocycles. The molecule has 2 saturated heterocycles. The largest absolute Gasteiger partial charge is 0.359 e. The number of likely N-dealkylation sites (tertiary alicyclic amines) is 1. The van der Waals surface area contributed by atoms with Gasteiger partial charge in [0.25, 0.3) is 0 Å². The van der Waals surface area contributed by atoms with Crippen molar-refractivity contribution in [1.82, 2.24) is 20.2 Å². The number of rotatable bonds is 8. The van der Waals surface area contributed by atoms with E-state index in [9.17, 15) is 9.59 Å². The van der Waals surface area contributed by atoms with Crippen LogP contribution in [0.3, 0.4) is 0 Å². The maximum atomic E-state index is 15.1. The van der Waals surface area contributed by atoms with Gasteiger partial charge in [-0.25, -0.2) is 9.37 Å². The van der Waals surface area contributed by atoms with Crippen molar-refractivity contribution in [3.05, 3.63) is 48.3 Å². The minimum atomic E-state index is -0.308. The van der Waals surface area contributed by atoms with Gasteiger partial charge < -0.3 is 20.0 Å². The van der Waals surface area contributed by atoms with Crippen molar-refractivity contribution in [3.63, 3.8) is 0 Å². The molecule has 2 fully saturated rings. The summed E-state index contributed by atoms with van der Waals surface area (Å²) in [5.41, 5.74) is 2.07. The lowest BCUT2D eigenvalue weighted by Crippen LogP contribution is -2.59. The zero-order valence-electron chi connectivity index (χ0n) is 22.5. The number of hydrogen-bond donors (Lipinski definition) is 1. The first-order chi connectivity index (χ1) is 18.2. The van der Waals surface area contributed by atoms with Crippen LogP contribution in [0, 0.1) is 17.2 Å². The van der Waals surface area contributed by atoms with Crippen LogP contribution in [0.1, 0.15) is 38.7 Å². The molecule has 0 bridgehead atoms. The molecule has 0 radical (unpaired) electrons. The van der Waals surface area contributed by atoms with Gasteiger partial charge in [-0.3, -0.25) is 9.59 Å². The zero-order valence-corrected chi connectivity index (χ0v) is 22.5. The molecular formula is C29H37FN6O2. The van der Waals surface area contributed by atoms with Gasteiger partial charge in [-0.05, 0) is 43.4 Å². The molecule has 9 heteroatoms. The lowest BCUT2D eigenvalue weighted by Gasteiger charge is -2.47. The lowest BCUT2D eigenvalue weighted by atomic mass is 9.79. The second-order valence-corrected chi connectivity index (χ2v) is 11.3. The van der Waals surface area contributed by atoms with Crippen molar-refractivity contribution in [1.29, 1.82) is 0 Å². The van der Waals surface area contributed by atoms with E-state index in [1.807, 2.05) is 11.0 Å². The summed E-state index contributed by atoms with van der Waals surface area (Å²) in [6.07, 6.45) is 4.23. The fraction of sp³-hybridized carbons (Fsp3) is 0.517. The first kappa shape index (κ1) is 26.1. The smallest absolute Gasteiger partial charge is 0.245 e. The van der Waals surface area contributed by atoms with E-state index in [1.54, 1.807) is 19.2 Å². The van der Waals surface area contributed by atoms with Gasteiger partial charge >= 0.3 is 0 Å². The lowest BCUT2D eigenvalue weighted by molar-refractivity contribution is -0.136. The first-order valence-electron chi connectivity index (χ1n) is 13.5. The monoisotopic (exact) mass is 520 g/mol. The van der Waals surface area contributed by atoms with Crippen LogP contribution >= 0.6 is 0 Å². The van der Waals surface area contributed by atoms with Crippen molar-refractivity contribution in [2.45, 2.75) is 45.6 Å². The summed E-state index contributed by atoms with van der Waals surface area (Å²) >= 11 is 0. The van der Waals surface area contributed by atoms with E-state index in [1.165, 1.54) is 12.1 Å². The number of carbonyl (C=O) groups is 2. The molecule has 4 heterocycles. The number of anilines is 2. The van der Waals surface area contributed by atoms with Crippen LogP contribution in [0.4, 0.5) is 16.2 Å². The Balaban J connectivity index is 1.51. The second kappa shape index (κ2) is 10.3. The number of nitrogens with zero attached hydrogens (tertiary/aromatic N) is 5. The maximum Gasteiger partial charge on any atom is 0.245 e. The van der Waals surface area contributed by atoms with Gasteiger partial charge in [0.15, 0.2) is 0 Å². The Morgan fingerprint density at radius 1 is 1.18 bits per heavy atom. The van der Waals surface area contributed by atoms with Gasteiger partial charge in [-0.2, -0.15) is 4.98 Å². The molecule has 1 atom stereocenters. The zero-order chi connectivity index (χ0) is 27.0. The summed E-state index contributed by atoms with van der Waals surface area (Å²) in [7, 11) is 1.66. The number of nitrogens with one attached hydrogen (secondary N) is 1. The summed E-state index contributed by atoms with van der Waals surface area (Å²) in [6, 6.07) is 6.75. The molecular weight excluding hydrogens is 483 g/mol. The van der Waals surface area contributed by atoms with Gasteiger partial charge in [0, 0.05) is 68.8 Å². The van der Waals surface area contributed by atoms with Crippen molar-refractivity contribution in [2.24, 2.45) is 11.3 Å². The van der Waals surface area contributed by atoms with Crippen LogP contribution in [0.5, 0.6) is 0 Å². The Kier molecular flexibility index (Phi) is 7.11. The van der Waals surface area contributed by atoms with E-state index >= 15 is 4.39 Å². The van der Waals surface area contributed by atoms with Gasteiger partial charge in [0.1, 0.15) is 11.6 Å². The molecule has 202 valence electrons. The average molecular weight is 521 g/mol. The van der Waals surface area contributed by atoms with Gasteiger partial charge in [0.05, 0.1) is 5.69 Å². The van der Waals surface area contributed by atoms with Crippen LogP contribution in [-0.4, -0.2) is 72.5 Å². The Morgan fingerprint density at radius 3 is 2.63 bits per heavy atom. The molecule has 3 aliphatic rings. The Morgan fingerprint density at radius 2 is 1.95 bits per heavy atom. The van der Waals surface area contributed by atoms with Crippen LogP contribution < -0.4 is 15.1 Å². The minimum Gasteiger partial charge on any atom is -0.359 e. The normalized spacial score (nSPS) is 18.5. The van der Waals surface area contributed by atoms with E-state index in [0.717, 1.165) is 37.3 Å². The summed E-state index contributed by atoms with van der Waals surface area (Å²) < 4.78 is 15.1. The third-order valence-corrected chi connectivity index (χ3v) is 8.12. The molecule has 3 aliphatic heterocycles. The highest BCUT2D eigenvalue weighted by Gasteiger charge is 2.49. The molecule has 0 saturated carbocycles. The standard InChI is InChI=1S/C29H37FN6O2/c1-5-25(38)35-17-29(18-35)11-13-34(16-29)28-32-26(21-8-6-7-9-23(21)30)22-10-12-36(27(22)33-28)20(14-19(2)3)15-24(37)31-4/h5-9,19-20H,1,10-18H2,2-4H3,(H,31,37). The topological polar surface area (TPSA) is 81.7 Å². The fourth-order valence-corrected chi connectivity index (χ4v) is 6.23. The highest BCUT2D eigenvalue weighted by atomic mass is 19.1. The quantitative estimate of drug-likeness (QED) is 0.538. The van der Waals surface area contributed by atoms with Crippen molar-refractivity contribution in [2.75, 3.05) is 49.6 Å². The molecule has 1 unspecified atom stereocenters. The molecule has 5 rings (SSSR count). The Labute approximate surface area is 223 Å². The highest BCUT2D eigenvalue weighted by Crippen LogP contribution is 2.43. The predicted octanol–water partition coefficient (Wildman–Crippen LogP) is 3.42. The first-order valence-corrected chi connectivity index (χ1v) is 13.5. The fourth-order valence-electron chi connectivity index (χ4n) is 6.23. The van der Waals surface area contributed by atoms with Gasteiger partial charge in [0.2, 0.25) is 17.8 Å². The number of carbonyl (C=O) groups excluding carboxylic acids is 2. The summed E-state index contributed by atoms with van der Waals surface area (Å²) in [6.45, 7) is 11.6. The van der Waals surface area contributed by atoms with Crippen LogP contribution in [-0.2, 0) is 16.0 Å². The summed E-state index contributed by atoms with van der Waals surface area (Å²) in [5, 5.41) is 2.76. The van der Waals surface area contributed by atoms with E-state index in [2.05, 4.69) is 35.5 Å². The SMILES string of the molecule is C=CC(=O)N1CC2(CCN(c3nc(-c4ccccc4F)c4c(n3)N(C(CC(=O)NC)CC(C)C)CC4)C2)C1. The molecule has 2 amide bonds. The number of amides is 2. The molecule has 1 aromatic heterocycles. The predicted molar refractivity (Wildman–Crippen MR) is 146 cm³/mol. The number of halogens is 1. The molecule has 2 aromatic rings. The molecule has 0 aliphatic carbocycles. The minimum absolute atomic E-state index is 0.00204. The van der Waals surface area contributed by atoms with E-state index in [-0.39, 0.29) is 29.1 Å². The second-order valence-electron chi connectivity index (χ2n) is 11.3. The number of aromatic nitrogens is 2. The molecule has 38 heavy (non-hydrogen) atoms. The van der Waals surface area contributed by atoms with Crippen molar-refractivity contribution >= 4 is 23.6 Å². The van der Waals surface area contributed by atoms with E-state index in [0.29, 0.717) is 55.6 Å². The van der Waals surface area contributed by atoms with Gasteiger partial charge in [-0.15, -0.1) is 0 Å². The van der Waals surface area contributed by atoms with Gasteiger partial charge in [-0.1, -0.05) is 32.6 Å². The number of hydrogen-bond acceptors (Lipinski definition) is 6.